The van der Waals surface area contributed by atoms with Gasteiger partial charge in [-0.1, -0.05) is 18.6 Å². The summed E-state index contributed by atoms with van der Waals surface area (Å²) in [6, 6.07) is 7.76. The van der Waals surface area contributed by atoms with Crippen molar-refractivity contribution in [1.82, 2.24) is 15.1 Å². The van der Waals surface area contributed by atoms with Gasteiger partial charge in [0.25, 0.3) is 0 Å². The number of para-hydroxylation sites is 1. The number of nitrogens with zero attached hydrogens (tertiary/aromatic N) is 2. The van der Waals surface area contributed by atoms with Gasteiger partial charge in [-0.3, -0.25) is 14.3 Å². The monoisotopic (exact) mass is 376 g/mol. The molecule has 4 rings (SSSR count). The fourth-order valence-corrected chi connectivity index (χ4v) is 4.68. The fourth-order valence-electron chi connectivity index (χ4n) is 4.68. The number of benzene rings is 1. The lowest BCUT2D eigenvalue weighted by Crippen LogP contribution is -2.54. The maximum atomic E-state index is 12.6. The van der Waals surface area contributed by atoms with E-state index < -0.39 is 0 Å². The average molecular weight is 377 g/mol. The third kappa shape index (κ3) is 3.62. The fraction of sp³-hybridized carbons (Fsp3) is 0.526. The Kier molecular flexibility index (Phi) is 5.63. The Labute approximate surface area is 158 Å². The number of nitrogens with one attached hydrogen (secondary N) is 1. The van der Waals surface area contributed by atoms with Gasteiger partial charge in [-0.25, -0.2) is 0 Å². The van der Waals surface area contributed by atoms with E-state index in [4.69, 9.17) is 5.73 Å². The molecule has 0 spiro atoms. The molecule has 2 atom stereocenters. The van der Waals surface area contributed by atoms with E-state index in [1.165, 1.54) is 12.6 Å². The minimum Gasteiger partial charge on any atom is -0.351 e. The lowest BCUT2D eigenvalue weighted by atomic mass is 9.67. The van der Waals surface area contributed by atoms with E-state index in [1.54, 1.807) is 10.7 Å². The molecule has 2 saturated carbocycles. The zero-order valence-electron chi connectivity index (χ0n) is 14.6. The van der Waals surface area contributed by atoms with Crippen LogP contribution >= 0.6 is 12.4 Å². The van der Waals surface area contributed by atoms with Gasteiger partial charge in [0.2, 0.25) is 11.3 Å². The van der Waals surface area contributed by atoms with Crippen LogP contribution < -0.4 is 16.5 Å². The molecule has 140 valence electrons. The SMILES string of the molecule is Cl.NC1CC2CCCC(C1)C2NC(=O)Cn1ncc(=O)c2ccccc21. The molecule has 2 fully saturated rings. The first kappa shape index (κ1) is 18.9. The van der Waals surface area contributed by atoms with Gasteiger partial charge in [0.05, 0.1) is 11.7 Å². The summed E-state index contributed by atoms with van der Waals surface area (Å²) in [7, 11) is 0. The van der Waals surface area contributed by atoms with Crippen molar-refractivity contribution in [2.24, 2.45) is 17.6 Å². The quantitative estimate of drug-likeness (QED) is 0.855. The first-order valence-electron chi connectivity index (χ1n) is 9.11. The smallest absolute Gasteiger partial charge is 0.241 e. The van der Waals surface area contributed by atoms with Crippen molar-refractivity contribution in [2.45, 2.75) is 50.7 Å². The number of carbonyl (C=O) groups is 1. The summed E-state index contributed by atoms with van der Waals surface area (Å²) < 4.78 is 1.61. The first-order chi connectivity index (χ1) is 12.1. The van der Waals surface area contributed by atoms with Gasteiger partial charge in [0.15, 0.2) is 0 Å². The van der Waals surface area contributed by atoms with Crippen LogP contribution in [0.2, 0.25) is 0 Å². The number of fused-ring (bicyclic) bond motifs is 3. The van der Waals surface area contributed by atoms with E-state index in [1.807, 2.05) is 18.2 Å². The minimum absolute atomic E-state index is 0. The summed E-state index contributed by atoms with van der Waals surface area (Å²) in [6.07, 6.45) is 6.81. The molecule has 1 aromatic heterocycles. The van der Waals surface area contributed by atoms with Crippen molar-refractivity contribution in [3.63, 3.8) is 0 Å². The zero-order chi connectivity index (χ0) is 17.4. The van der Waals surface area contributed by atoms with Crippen molar-refractivity contribution in [2.75, 3.05) is 0 Å². The molecule has 0 saturated heterocycles. The standard InChI is InChI=1S/C19H24N4O2.ClH/c20-14-8-12-4-3-5-13(9-14)19(12)22-18(25)11-23-16-7-2-1-6-15(16)17(24)10-21-23;/h1-2,6-7,10,12-14,19H,3-5,8-9,11,20H2,(H,22,25);1H. The van der Waals surface area contributed by atoms with Crippen LogP contribution in [-0.2, 0) is 11.3 Å². The van der Waals surface area contributed by atoms with Crippen LogP contribution in [0.1, 0.15) is 32.1 Å². The Morgan fingerprint density at radius 2 is 1.92 bits per heavy atom. The maximum Gasteiger partial charge on any atom is 0.241 e. The molecule has 1 heterocycles. The predicted octanol–water partition coefficient (Wildman–Crippen LogP) is 1.84. The molecule has 26 heavy (non-hydrogen) atoms. The summed E-state index contributed by atoms with van der Waals surface area (Å²) in [5.41, 5.74) is 6.73. The van der Waals surface area contributed by atoms with Gasteiger partial charge >= 0.3 is 0 Å². The van der Waals surface area contributed by atoms with Crippen molar-refractivity contribution in [1.29, 1.82) is 0 Å². The number of rotatable bonds is 3. The Balaban J connectivity index is 0.00000196. The Morgan fingerprint density at radius 3 is 2.65 bits per heavy atom. The molecule has 6 nitrogen and oxygen atoms in total. The number of carbonyl (C=O) groups excluding carboxylic acids is 1. The van der Waals surface area contributed by atoms with E-state index in [0.29, 0.717) is 22.7 Å². The molecule has 3 N–H and O–H groups in total. The number of halogens is 1. The highest BCUT2D eigenvalue weighted by molar-refractivity contribution is 5.85. The minimum atomic E-state index is -0.122. The second kappa shape index (κ2) is 7.76. The van der Waals surface area contributed by atoms with Crippen LogP contribution in [0.5, 0.6) is 0 Å². The topological polar surface area (TPSA) is 90.0 Å². The third-order valence-electron chi connectivity index (χ3n) is 5.76. The van der Waals surface area contributed by atoms with Crippen LogP contribution in [-0.4, -0.2) is 27.8 Å². The molecule has 2 aromatic rings. The molecule has 2 aliphatic carbocycles. The molecule has 2 aliphatic rings. The molecule has 2 bridgehead atoms. The molecule has 2 unspecified atom stereocenters. The highest BCUT2D eigenvalue weighted by Gasteiger charge is 2.39. The van der Waals surface area contributed by atoms with E-state index >= 15 is 0 Å². The number of amides is 1. The molecular weight excluding hydrogens is 352 g/mol. The first-order valence-corrected chi connectivity index (χ1v) is 9.11. The van der Waals surface area contributed by atoms with Gasteiger partial charge in [-0.05, 0) is 49.7 Å². The summed E-state index contributed by atoms with van der Waals surface area (Å²) in [6.45, 7) is 0.128. The predicted molar refractivity (Wildman–Crippen MR) is 103 cm³/mol. The second-order valence-corrected chi connectivity index (χ2v) is 7.46. The summed E-state index contributed by atoms with van der Waals surface area (Å²) >= 11 is 0. The summed E-state index contributed by atoms with van der Waals surface area (Å²) in [5, 5.41) is 7.97. The van der Waals surface area contributed by atoms with E-state index in [9.17, 15) is 9.59 Å². The number of hydrogen-bond acceptors (Lipinski definition) is 4. The largest absolute Gasteiger partial charge is 0.351 e. The van der Waals surface area contributed by atoms with Crippen molar-refractivity contribution in [3.8, 4) is 0 Å². The molecule has 1 amide bonds. The van der Waals surface area contributed by atoms with Crippen molar-refractivity contribution >= 4 is 29.2 Å². The van der Waals surface area contributed by atoms with Gasteiger partial charge in [0, 0.05) is 17.5 Å². The lowest BCUT2D eigenvalue weighted by Gasteiger charge is -2.45. The normalized spacial score (nSPS) is 27.6. The molecule has 7 heteroatoms. The van der Waals surface area contributed by atoms with Crippen LogP contribution in [0.4, 0.5) is 0 Å². The van der Waals surface area contributed by atoms with Gasteiger partial charge in [-0.15, -0.1) is 12.4 Å². The summed E-state index contributed by atoms with van der Waals surface area (Å²) in [5.74, 6) is 0.939. The Bertz CT molecular complexity index is 839. The average Bonchev–Trinajstić information content (AvgIpc) is 2.58. The lowest BCUT2D eigenvalue weighted by molar-refractivity contribution is -0.124. The van der Waals surface area contributed by atoms with E-state index in [-0.39, 0.29) is 42.4 Å². The molecule has 0 aliphatic heterocycles. The van der Waals surface area contributed by atoms with Crippen molar-refractivity contribution in [3.05, 3.63) is 40.7 Å². The van der Waals surface area contributed by atoms with Gasteiger partial charge in [-0.2, -0.15) is 5.10 Å². The third-order valence-corrected chi connectivity index (χ3v) is 5.76. The Hall–Kier alpha value is -1.92. The van der Waals surface area contributed by atoms with Crippen LogP contribution in [0.25, 0.3) is 10.9 Å². The van der Waals surface area contributed by atoms with Gasteiger partial charge in [0.1, 0.15) is 6.54 Å². The van der Waals surface area contributed by atoms with Crippen LogP contribution in [0.15, 0.2) is 35.3 Å². The van der Waals surface area contributed by atoms with Gasteiger partial charge < -0.3 is 11.1 Å². The zero-order valence-corrected chi connectivity index (χ0v) is 15.5. The van der Waals surface area contributed by atoms with Crippen LogP contribution in [0.3, 0.4) is 0 Å². The molecular formula is C19H25ClN4O2. The summed E-state index contributed by atoms with van der Waals surface area (Å²) in [4.78, 5) is 24.5. The van der Waals surface area contributed by atoms with Crippen LogP contribution in [0, 0.1) is 11.8 Å². The highest BCUT2D eigenvalue weighted by Crippen LogP contribution is 2.39. The van der Waals surface area contributed by atoms with Crippen molar-refractivity contribution < 1.29 is 4.79 Å². The van der Waals surface area contributed by atoms with E-state index in [0.717, 1.165) is 25.7 Å². The Morgan fingerprint density at radius 1 is 1.23 bits per heavy atom. The molecule has 1 aromatic carbocycles. The molecule has 0 radical (unpaired) electrons. The highest BCUT2D eigenvalue weighted by atomic mass is 35.5. The second-order valence-electron chi connectivity index (χ2n) is 7.46. The number of hydrogen-bond donors (Lipinski definition) is 2. The number of aromatic nitrogens is 2. The maximum absolute atomic E-state index is 12.6. The number of nitrogens with two attached hydrogens (primary N) is 1. The van der Waals surface area contributed by atoms with E-state index in [2.05, 4.69) is 10.4 Å².